The summed E-state index contributed by atoms with van der Waals surface area (Å²) in [5.41, 5.74) is 0. The first kappa shape index (κ1) is 78.6. The minimum Gasteiger partial charge on any atom is -0.462 e. The van der Waals surface area contributed by atoms with Gasteiger partial charge in [-0.25, -0.2) is 0 Å². The van der Waals surface area contributed by atoms with Gasteiger partial charge in [-0.15, -0.1) is 0 Å². The van der Waals surface area contributed by atoms with Gasteiger partial charge in [0.1, 0.15) is 13.2 Å². The molecule has 0 aromatic heterocycles. The van der Waals surface area contributed by atoms with Crippen molar-refractivity contribution in [3.8, 4) is 0 Å². The number of hydrogen-bond acceptors (Lipinski definition) is 6. The average molecular weight is 1140 g/mol. The van der Waals surface area contributed by atoms with E-state index in [4.69, 9.17) is 14.2 Å². The molecule has 0 saturated carbocycles. The van der Waals surface area contributed by atoms with E-state index in [1.807, 2.05) is 0 Å². The summed E-state index contributed by atoms with van der Waals surface area (Å²) in [5, 5.41) is 0. The molecule has 6 nitrogen and oxygen atoms in total. The second-order valence-corrected chi connectivity index (χ2v) is 23.8. The molecule has 0 aliphatic rings. The summed E-state index contributed by atoms with van der Waals surface area (Å²) >= 11 is 0. The van der Waals surface area contributed by atoms with Crippen molar-refractivity contribution in [3.05, 3.63) is 85.1 Å². The molecule has 0 rings (SSSR count). The maximum Gasteiger partial charge on any atom is 0.306 e. The van der Waals surface area contributed by atoms with E-state index in [1.54, 1.807) is 0 Å². The van der Waals surface area contributed by atoms with Gasteiger partial charge >= 0.3 is 17.9 Å². The molecule has 0 aromatic rings. The SMILES string of the molecule is CC/C=C\C/C=C\C/C=C\C/C=C\CCCCC(=O)OC(COC(=O)CCCCCCC/C=C\C/C=C\CCCC)COC(=O)CCCCCCCCCCCCCCCCCCCCCCCCC/C=C\CCCCCCCCCC. The predicted molar refractivity (Wildman–Crippen MR) is 358 cm³/mol. The molecule has 0 aliphatic heterocycles. The van der Waals surface area contributed by atoms with Crippen LogP contribution < -0.4 is 0 Å². The first-order valence-corrected chi connectivity index (χ1v) is 35.6. The molecule has 1 unspecified atom stereocenters. The first-order valence-electron chi connectivity index (χ1n) is 35.6. The molecule has 474 valence electrons. The zero-order chi connectivity index (χ0) is 59.2. The molecule has 0 heterocycles. The summed E-state index contributed by atoms with van der Waals surface area (Å²) in [4.78, 5) is 38.3. The lowest BCUT2D eigenvalue weighted by Crippen LogP contribution is -2.30. The fraction of sp³-hybridized carbons (Fsp3) is 0.776. The summed E-state index contributed by atoms with van der Waals surface area (Å²) in [6.45, 7) is 6.47. The van der Waals surface area contributed by atoms with Crippen LogP contribution >= 0.6 is 0 Å². The lowest BCUT2D eigenvalue weighted by molar-refractivity contribution is -0.167. The van der Waals surface area contributed by atoms with E-state index in [2.05, 4.69) is 106 Å². The number of esters is 3. The standard InChI is InChI=1S/C76H134O6/c1-4-7-10-13-16-19-22-25-28-29-30-31-32-33-34-35-36-37-38-39-40-41-42-43-44-45-46-47-49-51-54-57-60-63-66-69-75(78)81-72-73(71-80-74(77)68-65-62-59-56-53-50-27-24-21-18-15-12-9-6-3)82-76(79)70-67-64-61-58-55-52-48-26-23-20-17-14-11-8-5-2/h8,11,15,17-18,20,24,26-27,29-30,48,55,58,73H,4-7,9-10,12-14,16,19,21-23,25,28,31-47,49-54,56-57,59-72H2,1-3H3/b11-8-,18-15-,20-17-,27-24-,30-29-,48-26-,58-55-. The molecule has 0 N–H and O–H groups in total. The van der Waals surface area contributed by atoms with Gasteiger partial charge < -0.3 is 14.2 Å². The first-order chi connectivity index (χ1) is 40.5. The number of carbonyl (C=O) groups excluding carboxylic acids is 3. The van der Waals surface area contributed by atoms with Crippen molar-refractivity contribution in [2.75, 3.05) is 13.2 Å². The fourth-order valence-corrected chi connectivity index (χ4v) is 10.3. The van der Waals surface area contributed by atoms with E-state index >= 15 is 0 Å². The molecule has 6 heteroatoms. The molecular weight excluding hydrogens is 1010 g/mol. The molecule has 0 spiro atoms. The Morgan fingerprint density at radius 2 is 0.488 bits per heavy atom. The molecule has 1 atom stereocenters. The van der Waals surface area contributed by atoms with Gasteiger partial charge in [-0.1, -0.05) is 318 Å². The maximum atomic E-state index is 12.9. The molecule has 0 bridgehead atoms. The number of rotatable bonds is 65. The Morgan fingerprint density at radius 3 is 0.817 bits per heavy atom. The van der Waals surface area contributed by atoms with E-state index in [1.165, 1.54) is 212 Å². The molecule has 0 radical (unpaired) electrons. The minimum atomic E-state index is -0.804. The van der Waals surface area contributed by atoms with Crippen LogP contribution in [0.2, 0.25) is 0 Å². The molecule has 0 amide bonds. The highest BCUT2D eigenvalue weighted by atomic mass is 16.6. The summed E-state index contributed by atoms with van der Waals surface area (Å²) in [6, 6.07) is 0. The molecular formula is C76H134O6. The van der Waals surface area contributed by atoms with Crippen LogP contribution in [0, 0.1) is 0 Å². The number of carbonyl (C=O) groups is 3. The Hall–Kier alpha value is -3.41. The lowest BCUT2D eigenvalue weighted by Gasteiger charge is -2.18. The third-order valence-corrected chi connectivity index (χ3v) is 15.6. The number of hydrogen-bond donors (Lipinski definition) is 0. The average Bonchev–Trinajstić information content (AvgIpc) is 3.47. The van der Waals surface area contributed by atoms with Crippen molar-refractivity contribution in [1.29, 1.82) is 0 Å². The van der Waals surface area contributed by atoms with Crippen LogP contribution in [0.5, 0.6) is 0 Å². The van der Waals surface area contributed by atoms with Crippen molar-refractivity contribution in [3.63, 3.8) is 0 Å². The van der Waals surface area contributed by atoms with Gasteiger partial charge in [-0.05, 0) is 109 Å². The Balaban J connectivity index is 4.11. The van der Waals surface area contributed by atoms with Gasteiger partial charge in [0.15, 0.2) is 6.10 Å². The van der Waals surface area contributed by atoms with E-state index in [0.29, 0.717) is 19.3 Å². The van der Waals surface area contributed by atoms with E-state index < -0.39 is 6.10 Å². The molecule has 0 fully saturated rings. The van der Waals surface area contributed by atoms with E-state index in [-0.39, 0.29) is 37.5 Å². The van der Waals surface area contributed by atoms with Gasteiger partial charge in [-0.2, -0.15) is 0 Å². The zero-order valence-electron chi connectivity index (χ0n) is 54.5. The van der Waals surface area contributed by atoms with Gasteiger partial charge in [-0.3, -0.25) is 14.4 Å². The van der Waals surface area contributed by atoms with Crippen LogP contribution in [0.1, 0.15) is 361 Å². The van der Waals surface area contributed by atoms with Crippen molar-refractivity contribution >= 4 is 17.9 Å². The van der Waals surface area contributed by atoms with Gasteiger partial charge in [0, 0.05) is 19.3 Å². The Morgan fingerprint density at radius 1 is 0.256 bits per heavy atom. The van der Waals surface area contributed by atoms with Crippen LogP contribution in [-0.4, -0.2) is 37.2 Å². The monoisotopic (exact) mass is 1140 g/mol. The van der Waals surface area contributed by atoms with Crippen molar-refractivity contribution in [2.45, 2.75) is 367 Å². The molecule has 0 aromatic carbocycles. The topological polar surface area (TPSA) is 78.9 Å². The quantitative estimate of drug-likeness (QED) is 0.0261. The summed E-state index contributed by atoms with van der Waals surface area (Å²) in [6.07, 6.45) is 93.6. The Labute approximate surface area is 509 Å². The van der Waals surface area contributed by atoms with Crippen LogP contribution in [-0.2, 0) is 28.6 Å². The smallest absolute Gasteiger partial charge is 0.306 e. The summed E-state index contributed by atoms with van der Waals surface area (Å²) in [5.74, 6) is -0.938. The van der Waals surface area contributed by atoms with Gasteiger partial charge in [0.2, 0.25) is 0 Å². The van der Waals surface area contributed by atoms with Crippen LogP contribution in [0.15, 0.2) is 85.1 Å². The highest BCUT2D eigenvalue weighted by molar-refractivity contribution is 5.71. The molecule has 0 aliphatic carbocycles. The van der Waals surface area contributed by atoms with Crippen molar-refractivity contribution in [2.24, 2.45) is 0 Å². The lowest BCUT2D eigenvalue weighted by atomic mass is 10.0. The maximum absolute atomic E-state index is 12.9. The summed E-state index contributed by atoms with van der Waals surface area (Å²) in [7, 11) is 0. The zero-order valence-corrected chi connectivity index (χ0v) is 54.5. The molecule has 0 saturated heterocycles. The van der Waals surface area contributed by atoms with Crippen molar-refractivity contribution in [1.82, 2.24) is 0 Å². The minimum absolute atomic E-state index is 0.0953. The van der Waals surface area contributed by atoms with Gasteiger partial charge in [0.05, 0.1) is 0 Å². The van der Waals surface area contributed by atoms with Gasteiger partial charge in [0.25, 0.3) is 0 Å². The summed E-state index contributed by atoms with van der Waals surface area (Å²) < 4.78 is 16.9. The third-order valence-electron chi connectivity index (χ3n) is 15.6. The fourth-order valence-electron chi connectivity index (χ4n) is 10.3. The third kappa shape index (κ3) is 67.4. The van der Waals surface area contributed by atoms with Crippen LogP contribution in [0.25, 0.3) is 0 Å². The predicted octanol–water partition coefficient (Wildman–Crippen LogP) is 24.6. The number of ether oxygens (including phenoxy) is 3. The normalized spacial score (nSPS) is 12.6. The number of allylic oxidation sites excluding steroid dienone is 14. The second kappa shape index (κ2) is 70.1. The highest BCUT2D eigenvalue weighted by Gasteiger charge is 2.19. The van der Waals surface area contributed by atoms with Crippen LogP contribution in [0.4, 0.5) is 0 Å². The largest absolute Gasteiger partial charge is 0.462 e. The second-order valence-electron chi connectivity index (χ2n) is 23.8. The Kier molecular flexibility index (Phi) is 67.2. The Bertz CT molecular complexity index is 1550. The van der Waals surface area contributed by atoms with Crippen molar-refractivity contribution < 1.29 is 28.6 Å². The van der Waals surface area contributed by atoms with E-state index in [0.717, 1.165) is 103 Å². The highest BCUT2D eigenvalue weighted by Crippen LogP contribution is 2.18. The van der Waals surface area contributed by atoms with Crippen LogP contribution in [0.3, 0.4) is 0 Å². The van der Waals surface area contributed by atoms with E-state index in [9.17, 15) is 14.4 Å². The molecule has 82 heavy (non-hydrogen) atoms. The number of unbranched alkanes of at least 4 members (excludes halogenated alkanes) is 40.